The van der Waals surface area contributed by atoms with Crippen LogP contribution in [0.3, 0.4) is 0 Å². The Hall–Kier alpha value is -0.780. The Bertz CT molecular complexity index is 284. The number of hydrogen-bond acceptors (Lipinski definition) is 0. The quantitative estimate of drug-likeness (QED) is 0.563. The van der Waals surface area contributed by atoms with Crippen LogP contribution in [0.4, 0.5) is 0 Å². The summed E-state index contributed by atoms with van der Waals surface area (Å²) in [5, 5.41) is 0. The van der Waals surface area contributed by atoms with Gasteiger partial charge in [-0.05, 0) is 55.4 Å². The zero-order valence-electron chi connectivity index (χ0n) is 9.28. The fraction of sp³-hybridized carbons (Fsp3) is 0.538. The summed E-state index contributed by atoms with van der Waals surface area (Å²) < 4.78 is 0. The lowest BCUT2D eigenvalue weighted by Gasteiger charge is -2.06. The fourth-order valence-corrected chi connectivity index (χ4v) is 1.97. The van der Waals surface area contributed by atoms with E-state index in [-0.39, 0.29) is 0 Å². The Balaban J connectivity index is 0.000000396. The van der Waals surface area contributed by atoms with Gasteiger partial charge >= 0.3 is 0 Å². The molecule has 0 heteroatoms. The Morgan fingerprint density at radius 1 is 1.00 bits per heavy atom. The lowest BCUT2D eigenvalue weighted by atomic mass is 10.00. The second kappa shape index (κ2) is 4.45. The highest BCUT2D eigenvalue weighted by atomic mass is 14.2. The minimum Gasteiger partial charge on any atom is -0.0683 e. The molecule has 0 spiro atoms. The van der Waals surface area contributed by atoms with Gasteiger partial charge < -0.3 is 0 Å². The largest absolute Gasteiger partial charge is 0.0683 e. The van der Waals surface area contributed by atoms with E-state index in [9.17, 15) is 0 Å². The van der Waals surface area contributed by atoms with E-state index in [0.29, 0.717) is 0 Å². The van der Waals surface area contributed by atoms with E-state index in [1.807, 2.05) is 13.8 Å². The number of fused-ring (bicyclic) bond motifs is 1. The summed E-state index contributed by atoms with van der Waals surface area (Å²) in [6, 6.07) is 4.55. The van der Waals surface area contributed by atoms with Gasteiger partial charge in [-0.25, -0.2) is 0 Å². The Morgan fingerprint density at radius 2 is 1.69 bits per heavy atom. The number of benzene rings is 1. The predicted octanol–water partition coefficient (Wildman–Crippen LogP) is 3.82. The highest BCUT2D eigenvalue weighted by Crippen LogP contribution is 2.26. The van der Waals surface area contributed by atoms with Crippen molar-refractivity contribution < 1.29 is 0 Å². The number of hydrogen-bond donors (Lipinski definition) is 0. The minimum absolute atomic E-state index is 1.30. The maximum Gasteiger partial charge on any atom is -0.0270 e. The van der Waals surface area contributed by atoms with Crippen LogP contribution in [0, 0.1) is 13.8 Å². The van der Waals surface area contributed by atoms with Gasteiger partial charge in [-0.15, -0.1) is 0 Å². The fourth-order valence-electron chi connectivity index (χ4n) is 1.97. The standard InChI is InChI=1S/C11H14.C2H6/c1-8-6-7-10-4-3-5-11(10)9(8)2;1-2/h6-7H,3-5H2,1-2H3;1-2H3. The smallest absolute Gasteiger partial charge is 0.0270 e. The third-order valence-electron chi connectivity index (χ3n) is 2.84. The van der Waals surface area contributed by atoms with Crippen molar-refractivity contribution >= 4 is 0 Å². The normalized spacial score (nSPS) is 13.2. The lowest BCUT2D eigenvalue weighted by molar-refractivity contribution is 0.909. The molecule has 0 aliphatic heterocycles. The first-order chi connectivity index (χ1) is 6.29. The van der Waals surface area contributed by atoms with E-state index >= 15 is 0 Å². The van der Waals surface area contributed by atoms with Gasteiger partial charge in [0, 0.05) is 0 Å². The van der Waals surface area contributed by atoms with E-state index in [1.54, 1.807) is 11.1 Å². The van der Waals surface area contributed by atoms with Gasteiger partial charge in [0.25, 0.3) is 0 Å². The van der Waals surface area contributed by atoms with E-state index < -0.39 is 0 Å². The molecular formula is C13H20. The molecule has 1 aliphatic carbocycles. The molecule has 0 saturated heterocycles. The van der Waals surface area contributed by atoms with Gasteiger partial charge in [-0.2, -0.15) is 0 Å². The van der Waals surface area contributed by atoms with Crippen molar-refractivity contribution in [1.29, 1.82) is 0 Å². The van der Waals surface area contributed by atoms with Gasteiger partial charge in [-0.3, -0.25) is 0 Å². The molecule has 0 aromatic heterocycles. The molecule has 72 valence electrons. The molecule has 0 N–H and O–H groups in total. The lowest BCUT2D eigenvalue weighted by Crippen LogP contribution is -1.90. The summed E-state index contributed by atoms with van der Waals surface area (Å²) in [4.78, 5) is 0. The zero-order chi connectivity index (χ0) is 9.84. The zero-order valence-corrected chi connectivity index (χ0v) is 9.28. The number of rotatable bonds is 0. The van der Waals surface area contributed by atoms with E-state index in [4.69, 9.17) is 0 Å². The third kappa shape index (κ3) is 1.93. The maximum absolute atomic E-state index is 2.30. The molecule has 0 nitrogen and oxygen atoms in total. The molecule has 0 bridgehead atoms. The van der Waals surface area contributed by atoms with E-state index in [2.05, 4.69) is 26.0 Å². The van der Waals surface area contributed by atoms with Crippen molar-refractivity contribution in [1.82, 2.24) is 0 Å². The van der Waals surface area contributed by atoms with Crippen LogP contribution in [0.15, 0.2) is 12.1 Å². The highest BCUT2D eigenvalue weighted by molar-refractivity contribution is 5.42. The molecular weight excluding hydrogens is 156 g/mol. The summed E-state index contributed by atoms with van der Waals surface area (Å²) in [6.07, 6.45) is 3.97. The topological polar surface area (TPSA) is 0 Å². The molecule has 0 fully saturated rings. The van der Waals surface area contributed by atoms with Crippen molar-refractivity contribution in [2.75, 3.05) is 0 Å². The molecule has 0 radical (unpaired) electrons. The van der Waals surface area contributed by atoms with Gasteiger partial charge in [-0.1, -0.05) is 26.0 Å². The molecule has 0 amide bonds. The van der Waals surface area contributed by atoms with Crippen LogP contribution in [-0.2, 0) is 12.8 Å². The van der Waals surface area contributed by atoms with Crippen molar-refractivity contribution in [3.05, 3.63) is 34.4 Å². The first kappa shape index (κ1) is 10.3. The van der Waals surface area contributed by atoms with Gasteiger partial charge in [0.1, 0.15) is 0 Å². The summed E-state index contributed by atoms with van der Waals surface area (Å²) in [5.41, 5.74) is 6.20. The van der Waals surface area contributed by atoms with E-state index in [1.165, 1.54) is 30.4 Å². The summed E-state index contributed by atoms with van der Waals surface area (Å²) in [6.45, 7) is 8.45. The Labute approximate surface area is 82.0 Å². The first-order valence-corrected chi connectivity index (χ1v) is 5.37. The third-order valence-corrected chi connectivity index (χ3v) is 2.84. The molecule has 0 saturated carbocycles. The molecule has 0 unspecified atom stereocenters. The van der Waals surface area contributed by atoms with Gasteiger partial charge in [0.2, 0.25) is 0 Å². The molecule has 2 rings (SSSR count). The van der Waals surface area contributed by atoms with Crippen LogP contribution < -0.4 is 0 Å². The van der Waals surface area contributed by atoms with Crippen molar-refractivity contribution in [3.8, 4) is 0 Å². The summed E-state index contributed by atoms with van der Waals surface area (Å²) >= 11 is 0. The predicted molar refractivity (Wildman–Crippen MR) is 59.3 cm³/mol. The van der Waals surface area contributed by atoms with Crippen LogP contribution >= 0.6 is 0 Å². The maximum atomic E-state index is 2.30. The van der Waals surface area contributed by atoms with Crippen LogP contribution in [0.5, 0.6) is 0 Å². The molecule has 1 aliphatic rings. The SMILES string of the molecule is CC.Cc1ccc2c(c1C)CCC2. The molecule has 1 aromatic carbocycles. The molecule has 0 atom stereocenters. The average molecular weight is 176 g/mol. The Kier molecular flexibility index (Phi) is 3.53. The van der Waals surface area contributed by atoms with Crippen molar-refractivity contribution in [2.45, 2.75) is 47.0 Å². The van der Waals surface area contributed by atoms with Gasteiger partial charge in [0.05, 0.1) is 0 Å². The van der Waals surface area contributed by atoms with Crippen LogP contribution in [0.25, 0.3) is 0 Å². The van der Waals surface area contributed by atoms with Crippen LogP contribution in [-0.4, -0.2) is 0 Å². The van der Waals surface area contributed by atoms with Crippen molar-refractivity contribution in [2.24, 2.45) is 0 Å². The van der Waals surface area contributed by atoms with E-state index in [0.717, 1.165) is 0 Å². The second-order valence-electron chi connectivity index (χ2n) is 3.50. The first-order valence-electron chi connectivity index (χ1n) is 5.37. The Morgan fingerprint density at radius 3 is 2.38 bits per heavy atom. The van der Waals surface area contributed by atoms with Crippen LogP contribution in [0.2, 0.25) is 0 Å². The number of aryl methyl sites for hydroxylation is 2. The summed E-state index contributed by atoms with van der Waals surface area (Å²) in [7, 11) is 0. The van der Waals surface area contributed by atoms with Gasteiger partial charge in [0.15, 0.2) is 0 Å². The van der Waals surface area contributed by atoms with Crippen molar-refractivity contribution in [3.63, 3.8) is 0 Å². The average Bonchev–Trinajstić information content (AvgIpc) is 2.63. The minimum atomic E-state index is 1.30. The molecule has 0 heterocycles. The second-order valence-corrected chi connectivity index (χ2v) is 3.50. The highest BCUT2D eigenvalue weighted by Gasteiger charge is 2.12. The van der Waals surface area contributed by atoms with Crippen LogP contribution in [0.1, 0.15) is 42.5 Å². The summed E-state index contributed by atoms with van der Waals surface area (Å²) in [5.74, 6) is 0. The monoisotopic (exact) mass is 176 g/mol. The molecule has 13 heavy (non-hydrogen) atoms. The molecule has 1 aromatic rings.